The first-order valence-electron chi connectivity index (χ1n) is 4.02. The number of aliphatic carboxylic acids is 1. The normalized spacial score (nSPS) is 11.2. The third-order valence-corrected chi connectivity index (χ3v) is 1.60. The summed E-state index contributed by atoms with van der Waals surface area (Å²) in [4.78, 5) is 10.2. The van der Waals surface area contributed by atoms with Gasteiger partial charge < -0.3 is 14.4 Å². The van der Waals surface area contributed by atoms with Gasteiger partial charge in [0.15, 0.2) is 0 Å². The van der Waals surface area contributed by atoms with Gasteiger partial charge >= 0.3 is 0 Å². The van der Waals surface area contributed by atoms with E-state index in [1.54, 1.807) is 0 Å². The second-order valence-corrected chi connectivity index (χ2v) is 4.01. The van der Waals surface area contributed by atoms with Gasteiger partial charge in [-0.3, -0.25) is 0 Å². The van der Waals surface area contributed by atoms with Crippen molar-refractivity contribution in [1.82, 2.24) is 0 Å². The maximum atomic E-state index is 10.2. The molecule has 0 rings (SSSR count). The lowest BCUT2D eigenvalue weighted by molar-refractivity contribution is -0.870. The predicted molar refractivity (Wildman–Crippen MR) is 46.3 cm³/mol. The van der Waals surface area contributed by atoms with Crippen LogP contribution < -0.4 is 5.11 Å². The van der Waals surface area contributed by atoms with Gasteiger partial charge in [0.05, 0.1) is 33.7 Å². The molecule has 0 heterocycles. The van der Waals surface area contributed by atoms with Gasteiger partial charge in [-0.2, -0.15) is 0 Å². The molecule has 12 heavy (non-hydrogen) atoms. The molecule has 70 valence electrons. The minimum absolute atomic E-state index is 0.198. The van der Waals surface area contributed by atoms with Crippen LogP contribution >= 0.6 is 0 Å². The third kappa shape index (κ3) is 5.92. The first-order chi connectivity index (χ1) is 5.33. The van der Waals surface area contributed by atoms with Crippen LogP contribution in [0.25, 0.3) is 0 Å². The van der Waals surface area contributed by atoms with E-state index in [-0.39, 0.29) is 5.57 Å². The molecule has 0 radical (unpaired) electrons. The summed E-state index contributed by atoms with van der Waals surface area (Å²) in [5.74, 6) is -1.13. The first-order valence-corrected chi connectivity index (χ1v) is 4.02. The Morgan fingerprint density at radius 2 is 1.92 bits per heavy atom. The summed E-state index contributed by atoms with van der Waals surface area (Å²) >= 11 is 0. The molecular formula is C9H17NO2. The lowest BCUT2D eigenvalue weighted by Gasteiger charge is -2.23. The van der Waals surface area contributed by atoms with Gasteiger partial charge in [-0.05, 0) is 12.0 Å². The molecule has 0 atom stereocenters. The van der Waals surface area contributed by atoms with Crippen molar-refractivity contribution >= 4 is 5.97 Å². The van der Waals surface area contributed by atoms with E-state index in [0.29, 0.717) is 6.42 Å². The van der Waals surface area contributed by atoms with Gasteiger partial charge in [0.25, 0.3) is 0 Å². The maximum absolute atomic E-state index is 10.2. The highest BCUT2D eigenvalue weighted by Gasteiger charge is 2.06. The number of hydrogen-bond donors (Lipinski definition) is 0. The van der Waals surface area contributed by atoms with Crippen molar-refractivity contribution in [2.75, 3.05) is 27.7 Å². The highest BCUT2D eigenvalue weighted by atomic mass is 16.4. The van der Waals surface area contributed by atoms with E-state index in [1.807, 2.05) is 0 Å². The quantitative estimate of drug-likeness (QED) is 0.424. The number of hydrogen-bond acceptors (Lipinski definition) is 2. The average Bonchev–Trinajstić information content (AvgIpc) is 1.84. The molecule has 0 unspecified atom stereocenters. The van der Waals surface area contributed by atoms with Gasteiger partial charge in [0.2, 0.25) is 0 Å². The zero-order valence-electron chi connectivity index (χ0n) is 8.09. The van der Waals surface area contributed by atoms with Crippen LogP contribution in [0, 0.1) is 0 Å². The molecule has 0 aromatic heterocycles. The largest absolute Gasteiger partial charge is 0.545 e. The fourth-order valence-corrected chi connectivity index (χ4v) is 0.869. The van der Waals surface area contributed by atoms with Crippen LogP contribution in [0.15, 0.2) is 12.2 Å². The lowest BCUT2D eigenvalue weighted by Crippen LogP contribution is -2.35. The van der Waals surface area contributed by atoms with E-state index in [9.17, 15) is 9.90 Å². The van der Waals surface area contributed by atoms with Gasteiger partial charge in [-0.15, -0.1) is 0 Å². The highest BCUT2D eigenvalue weighted by molar-refractivity contribution is 5.83. The molecule has 0 saturated carbocycles. The average molecular weight is 171 g/mol. The minimum Gasteiger partial charge on any atom is -0.545 e. The van der Waals surface area contributed by atoms with Gasteiger partial charge in [-0.25, -0.2) is 0 Å². The van der Waals surface area contributed by atoms with Crippen LogP contribution in [0.1, 0.15) is 12.8 Å². The Hall–Kier alpha value is -0.830. The van der Waals surface area contributed by atoms with Crippen LogP contribution in [0.4, 0.5) is 0 Å². The zero-order valence-corrected chi connectivity index (χ0v) is 8.09. The number of carboxylic acid groups (broad SMARTS) is 1. The van der Waals surface area contributed by atoms with E-state index in [1.165, 1.54) is 0 Å². The Labute approximate surface area is 73.9 Å². The van der Waals surface area contributed by atoms with Crippen molar-refractivity contribution in [3.8, 4) is 0 Å². The topological polar surface area (TPSA) is 40.1 Å². The summed E-state index contributed by atoms with van der Waals surface area (Å²) in [5.41, 5.74) is 0.198. The summed E-state index contributed by atoms with van der Waals surface area (Å²) in [6, 6.07) is 0. The maximum Gasteiger partial charge on any atom is 0.0783 e. The van der Waals surface area contributed by atoms with Crippen molar-refractivity contribution in [3.05, 3.63) is 12.2 Å². The Morgan fingerprint density at radius 3 is 2.25 bits per heavy atom. The fraction of sp³-hybridized carbons (Fsp3) is 0.667. The summed E-state index contributed by atoms with van der Waals surface area (Å²) < 4.78 is 0.848. The number of nitrogens with zero attached hydrogens (tertiary/aromatic N) is 1. The monoisotopic (exact) mass is 171 g/mol. The summed E-state index contributed by atoms with van der Waals surface area (Å²) in [7, 11) is 6.21. The molecular weight excluding hydrogens is 154 g/mol. The second-order valence-electron chi connectivity index (χ2n) is 4.01. The molecule has 0 aliphatic carbocycles. The standard InChI is InChI=1S/C9H17NO2/c1-8(9(11)12)6-5-7-10(2,3)4/h1,5-7H2,2-4H3. The molecule has 0 aliphatic rings. The van der Waals surface area contributed by atoms with E-state index >= 15 is 0 Å². The Bertz CT molecular complexity index is 179. The number of carboxylic acids is 1. The molecule has 3 nitrogen and oxygen atoms in total. The fourth-order valence-electron chi connectivity index (χ4n) is 0.869. The molecule has 0 fully saturated rings. The molecule has 0 bridgehead atoms. The number of carbonyl (C=O) groups excluding carboxylic acids is 1. The van der Waals surface area contributed by atoms with Crippen LogP contribution in [0.5, 0.6) is 0 Å². The van der Waals surface area contributed by atoms with E-state index in [4.69, 9.17) is 0 Å². The summed E-state index contributed by atoms with van der Waals surface area (Å²) in [6.07, 6.45) is 1.37. The Morgan fingerprint density at radius 1 is 1.42 bits per heavy atom. The van der Waals surface area contributed by atoms with Crippen LogP contribution in [-0.4, -0.2) is 38.1 Å². The summed E-state index contributed by atoms with van der Waals surface area (Å²) in [5, 5.41) is 10.2. The SMILES string of the molecule is C=C(CCC[N+](C)(C)C)C(=O)[O-]. The second kappa shape index (κ2) is 4.26. The first kappa shape index (κ1) is 11.2. The van der Waals surface area contributed by atoms with Crippen LogP contribution in [0.2, 0.25) is 0 Å². The smallest absolute Gasteiger partial charge is 0.0783 e. The van der Waals surface area contributed by atoms with Gasteiger partial charge in [-0.1, -0.05) is 6.58 Å². The molecule has 0 aromatic carbocycles. The molecule has 0 saturated heterocycles. The third-order valence-electron chi connectivity index (χ3n) is 1.60. The van der Waals surface area contributed by atoms with E-state index in [2.05, 4.69) is 27.7 Å². The minimum atomic E-state index is -1.13. The highest BCUT2D eigenvalue weighted by Crippen LogP contribution is 2.03. The lowest BCUT2D eigenvalue weighted by atomic mass is 10.1. The molecule has 3 heteroatoms. The molecule has 0 spiro atoms. The number of quaternary nitrogens is 1. The van der Waals surface area contributed by atoms with Crippen molar-refractivity contribution in [2.24, 2.45) is 0 Å². The van der Waals surface area contributed by atoms with E-state index < -0.39 is 5.97 Å². The van der Waals surface area contributed by atoms with Gasteiger partial charge in [0, 0.05) is 6.42 Å². The molecule has 0 amide bonds. The molecule has 0 aromatic rings. The Balaban J connectivity index is 3.58. The number of rotatable bonds is 5. The molecule has 0 aliphatic heterocycles. The van der Waals surface area contributed by atoms with E-state index in [0.717, 1.165) is 17.4 Å². The summed E-state index contributed by atoms with van der Waals surface area (Å²) in [6.45, 7) is 4.36. The van der Waals surface area contributed by atoms with Crippen molar-refractivity contribution in [1.29, 1.82) is 0 Å². The van der Waals surface area contributed by atoms with Crippen LogP contribution in [0.3, 0.4) is 0 Å². The van der Waals surface area contributed by atoms with Gasteiger partial charge in [0.1, 0.15) is 0 Å². The molecule has 0 N–H and O–H groups in total. The number of carbonyl (C=O) groups is 1. The van der Waals surface area contributed by atoms with Crippen LogP contribution in [-0.2, 0) is 4.79 Å². The van der Waals surface area contributed by atoms with Crippen molar-refractivity contribution < 1.29 is 14.4 Å². The van der Waals surface area contributed by atoms with Crippen molar-refractivity contribution in [2.45, 2.75) is 12.8 Å². The Kier molecular flexibility index (Phi) is 3.96. The predicted octanol–water partition coefficient (Wildman–Crippen LogP) is -0.221. The zero-order chi connectivity index (χ0) is 9.78. The van der Waals surface area contributed by atoms with Crippen molar-refractivity contribution in [3.63, 3.8) is 0 Å².